The Morgan fingerprint density at radius 1 is 1.23 bits per heavy atom. The van der Waals surface area contributed by atoms with Crippen molar-refractivity contribution in [3.63, 3.8) is 0 Å². The Kier molecular flexibility index (Phi) is 8.55. The summed E-state index contributed by atoms with van der Waals surface area (Å²) in [6.07, 6.45) is 8.19. The van der Waals surface area contributed by atoms with E-state index in [1.807, 2.05) is 38.1 Å². The highest BCUT2D eigenvalue weighted by Crippen LogP contribution is 2.32. The minimum absolute atomic E-state index is 0.291. The Balaban J connectivity index is 1.31. The monoisotopic (exact) mass is 549 g/mol. The molecule has 4 aromatic rings. The first-order valence-electron chi connectivity index (χ1n) is 13.3. The van der Waals surface area contributed by atoms with E-state index in [2.05, 4.69) is 32.0 Å². The third-order valence-electron chi connectivity index (χ3n) is 7.26. The number of hydrogen-bond donors (Lipinski definition) is 1. The van der Waals surface area contributed by atoms with Gasteiger partial charge in [0.05, 0.1) is 21.9 Å². The standard InChI is InChI=1S/C30H33ClFN5O2/c1-4-37(23-9-11-38-12-10-23)18-22-6-5-21(16-34-22)27(32)14-29-25-13-24(7-8-28(25)35-36-29)39-20(3)30-19(2)15-33-17-26(30)31/h5-8,13-17,20,23H,4,9-12,18H2,1-3H3,(H,35,36)/b27-14-/t20-/m1/s1. The molecule has 204 valence electrons. The fraction of sp³-hybridized carbons (Fsp3) is 0.367. The first-order chi connectivity index (χ1) is 18.9. The van der Waals surface area contributed by atoms with E-state index in [4.69, 9.17) is 21.1 Å². The zero-order valence-corrected chi connectivity index (χ0v) is 23.2. The van der Waals surface area contributed by atoms with Crippen molar-refractivity contribution >= 4 is 34.4 Å². The van der Waals surface area contributed by atoms with Gasteiger partial charge >= 0.3 is 0 Å². The molecule has 39 heavy (non-hydrogen) atoms. The topological polar surface area (TPSA) is 76.2 Å². The van der Waals surface area contributed by atoms with Crippen LogP contribution in [0.15, 0.2) is 48.9 Å². The Bertz CT molecular complexity index is 1430. The molecule has 9 heteroatoms. The van der Waals surface area contributed by atoms with E-state index in [0.717, 1.165) is 61.4 Å². The molecule has 0 unspecified atom stereocenters. The summed E-state index contributed by atoms with van der Waals surface area (Å²) in [5.74, 6) is 0.241. The second-order valence-corrected chi connectivity index (χ2v) is 10.3. The molecule has 0 radical (unpaired) electrons. The van der Waals surface area contributed by atoms with Crippen LogP contribution < -0.4 is 4.74 Å². The first-order valence-corrected chi connectivity index (χ1v) is 13.7. The van der Waals surface area contributed by atoms with E-state index in [0.29, 0.717) is 33.6 Å². The van der Waals surface area contributed by atoms with Crippen molar-refractivity contribution in [2.24, 2.45) is 0 Å². The number of ether oxygens (including phenoxy) is 2. The molecule has 1 aromatic carbocycles. The summed E-state index contributed by atoms with van der Waals surface area (Å²) < 4.78 is 27.0. The van der Waals surface area contributed by atoms with Crippen LogP contribution in [0.3, 0.4) is 0 Å². The second-order valence-electron chi connectivity index (χ2n) is 9.87. The van der Waals surface area contributed by atoms with Crippen molar-refractivity contribution < 1.29 is 13.9 Å². The summed E-state index contributed by atoms with van der Waals surface area (Å²) >= 11 is 6.37. The molecule has 1 aliphatic rings. The number of hydrogen-bond acceptors (Lipinski definition) is 6. The Hall–Kier alpha value is -3.33. The third-order valence-corrected chi connectivity index (χ3v) is 7.56. The number of aromatic nitrogens is 4. The van der Waals surface area contributed by atoms with E-state index in [-0.39, 0.29) is 6.10 Å². The molecule has 1 saturated heterocycles. The molecule has 1 N–H and O–H groups in total. The van der Waals surface area contributed by atoms with Crippen LogP contribution in [0.4, 0.5) is 4.39 Å². The van der Waals surface area contributed by atoms with Gasteiger partial charge in [-0.25, -0.2) is 4.39 Å². The van der Waals surface area contributed by atoms with Gasteiger partial charge in [0, 0.05) is 67.0 Å². The van der Waals surface area contributed by atoms with E-state index in [1.54, 1.807) is 24.7 Å². The van der Waals surface area contributed by atoms with Crippen molar-refractivity contribution in [2.45, 2.75) is 52.3 Å². The highest BCUT2D eigenvalue weighted by molar-refractivity contribution is 6.31. The molecule has 0 amide bonds. The molecule has 4 heterocycles. The second kappa shape index (κ2) is 12.2. The molecular formula is C30H33ClFN5O2. The van der Waals surface area contributed by atoms with Gasteiger partial charge in [-0.2, -0.15) is 5.10 Å². The summed E-state index contributed by atoms with van der Waals surface area (Å²) in [7, 11) is 0. The number of fused-ring (bicyclic) bond motifs is 1. The number of aryl methyl sites for hydroxylation is 1. The van der Waals surface area contributed by atoms with Crippen LogP contribution in [0.1, 0.15) is 60.9 Å². The maximum Gasteiger partial charge on any atom is 0.134 e. The average Bonchev–Trinajstić information content (AvgIpc) is 3.34. The van der Waals surface area contributed by atoms with Gasteiger partial charge in [-0.3, -0.25) is 20.0 Å². The van der Waals surface area contributed by atoms with Crippen LogP contribution in [0.2, 0.25) is 5.02 Å². The van der Waals surface area contributed by atoms with Gasteiger partial charge in [0.1, 0.15) is 17.7 Å². The number of pyridine rings is 2. The zero-order valence-electron chi connectivity index (χ0n) is 22.5. The van der Waals surface area contributed by atoms with Crippen LogP contribution in [0, 0.1) is 6.92 Å². The van der Waals surface area contributed by atoms with E-state index >= 15 is 4.39 Å². The van der Waals surface area contributed by atoms with Gasteiger partial charge in [-0.1, -0.05) is 18.5 Å². The van der Waals surface area contributed by atoms with Crippen molar-refractivity contribution in [1.82, 2.24) is 25.1 Å². The largest absolute Gasteiger partial charge is 0.486 e. The molecule has 1 fully saturated rings. The fourth-order valence-corrected chi connectivity index (χ4v) is 5.50. The molecule has 1 aliphatic heterocycles. The van der Waals surface area contributed by atoms with Crippen molar-refractivity contribution in [2.75, 3.05) is 19.8 Å². The lowest BCUT2D eigenvalue weighted by atomic mass is 10.1. The summed E-state index contributed by atoms with van der Waals surface area (Å²) in [6, 6.07) is 9.72. The minimum atomic E-state index is -0.393. The van der Waals surface area contributed by atoms with Crippen LogP contribution in [-0.2, 0) is 11.3 Å². The summed E-state index contributed by atoms with van der Waals surface area (Å²) in [5.41, 5.74) is 4.45. The van der Waals surface area contributed by atoms with E-state index in [9.17, 15) is 0 Å². The van der Waals surface area contributed by atoms with Crippen LogP contribution in [-0.4, -0.2) is 50.9 Å². The SMILES string of the molecule is CCN(Cc1ccc(/C(F)=C/c2[nH]nc3ccc(O[C@H](C)c4c(C)cncc4Cl)cc23)cn1)C1CCOCC1. The highest BCUT2D eigenvalue weighted by Gasteiger charge is 2.21. The fourth-order valence-electron chi connectivity index (χ4n) is 5.14. The third kappa shape index (κ3) is 6.30. The number of nitrogens with one attached hydrogen (secondary N) is 1. The van der Waals surface area contributed by atoms with Gasteiger partial charge in [0.2, 0.25) is 0 Å². The van der Waals surface area contributed by atoms with Gasteiger partial charge in [-0.05, 0) is 69.1 Å². The molecule has 7 nitrogen and oxygen atoms in total. The normalized spacial score (nSPS) is 15.7. The minimum Gasteiger partial charge on any atom is -0.486 e. The van der Waals surface area contributed by atoms with Gasteiger partial charge in [0.15, 0.2) is 0 Å². The Morgan fingerprint density at radius 3 is 2.77 bits per heavy atom. The quantitative estimate of drug-likeness (QED) is 0.244. The van der Waals surface area contributed by atoms with Crippen LogP contribution in [0.25, 0.3) is 22.8 Å². The summed E-state index contributed by atoms with van der Waals surface area (Å²) in [4.78, 5) is 11.1. The molecule has 0 spiro atoms. The van der Waals surface area contributed by atoms with E-state index < -0.39 is 5.83 Å². The maximum atomic E-state index is 15.3. The summed E-state index contributed by atoms with van der Waals surface area (Å²) in [5, 5.41) is 8.57. The molecule has 0 saturated carbocycles. The Labute approximate surface area is 233 Å². The zero-order chi connectivity index (χ0) is 27.4. The molecule has 1 atom stereocenters. The first kappa shape index (κ1) is 27.2. The molecule has 3 aromatic heterocycles. The maximum absolute atomic E-state index is 15.3. The van der Waals surface area contributed by atoms with Crippen molar-refractivity contribution in [3.05, 3.63) is 82.0 Å². The van der Waals surface area contributed by atoms with Crippen LogP contribution >= 0.6 is 11.6 Å². The van der Waals surface area contributed by atoms with Crippen molar-refractivity contribution in [3.8, 4) is 5.75 Å². The number of nitrogens with zero attached hydrogens (tertiary/aromatic N) is 4. The predicted molar refractivity (Wildman–Crippen MR) is 152 cm³/mol. The van der Waals surface area contributed by atoms with Gasteiger partial charge in [-0.15, -0.1) is 0 Å². The number of H-pyrrole nitrogens is 1. The average molecular weight is 550 g/mol. The summed E-state index contributed by atoms with van der Waals surface area (Å²) in [6.45, 7) is 9.33. The van der Waals surface area contributed by atoms with Crippen molar-refractivity contribution in [1.29, 1.82) is 0 Å². The molecule has 0 bridgehead atoms. The number of rotatable bonds is 9. The van der Waals surface area contributed by atoms with Gasteiger partial charge < -0.3 is 9.47 Å². The Morgan fingerprint density at radius 2 is 2.05 bits per heavy atom. The molecule has 0 aliphatic carbocycles. The lowest BCUT2D eigenvalue weighted by molar-refractivity contribution is 0.0326. The lowest BCUT2D eigenvalue weighted by Crippen LogP contribution is -2.39. The number of benzene rings is 1. The highest BCUT2D eigenvalue weighted by atomic mass is 35.5. The van der Waals surface area contributed by atoms with Gasteiger partial charge in [0.25, 0.3) is 0 Å². The molecular weight excluding hydrogens is 517 g/mol. The number of aromatic amines is 1. The molecule has 5 rings (SSSR count). The predicted octanol–water partition coefficient (Wildman–Crippen LogP) is 6.92. The lowest BCUT2D eigenvalue weighted by Gasteiger charge is -2.33. The van der Waals surface area contributed by atoms with Crippen LogP contribution in [0.5, 0.6) is 5.75 Å². The smallest absolute Gasteiger partial charge is 0.134 e. The van der Waals surface area contributed by atoms with E-state index in [1.165, 1.54) is 6.08 Å². The number of halogens is 2.